The van der Waals surface area contributed by atoms with Crippen LogP contribution in [0.4, 0.5) is 0 Å². The normalized spacial score (nSPS) is 14.7. The molecule has 0 saturated heterocycles. The van der Waals surface area contributed by atoms with Crippen molar-refractivity contribution >= 4 is 27.2 Å². The van der Waals surface area contributed by atoms with Crippen LogP contribution in [0.25, 0.3) is 0 Å². The Bertz CT molecular complexity index is 529. The van der Waals surface area contributed by atoms with Gasteiger partial charge in [-0.05, 0) is 17.9 Å². The molecular weight excluding hydrogens is 292 g/mol. The topological polar surface area (TPSA) is 72.2 Å². The van der Waals surface area contributed by atoms with Crippen molar-refractivity contribution in [1.82, 2.24) is 4.72 Å². The lowest BCUT2D eigenvalue weighted by molar-refractivity contribution is 0.542. The first kappa shape index (κ1) is 17.1. The first-order valence-corrected chi connectivity index (χ1v) is 8.73. The molecule has 0 aliphatic rings. The summed E-state index contributed by atoms with van der Waals surface area (Å²) >= 11 is 4.83. The molecule has 6 heteroatoms. The van der Waals surface area contributed by atoms with Crippen LogP contribution in [0.3, 0.4) is 0 Å². The summed E-state index contributed by atoms with van der Waals surface area (Å²) in [6.45, 7) is 3.81. The van der Waals surface area contributed by atoms with Crippen LogP contribution in [0.1, 0.15) is 38.2 Å². The Morgan fingerprint density at radius 2 is 1.95 bits per heavy atom. The zero-order valence-corrected chi connectivity index (χ0v) is 13.5. The highest BCUT2D eigenvalue weighted by atomic mass is 32.2. The number of nitrogens with one attached hydrogen (secondary N) is 1. The lowest BCUT2D eigenvalue weighted by Crippen LogP contribution is -2.39. The number of hydrogen-bond acceptors (Lipinski definition) is 3. The molecule has 0 aromatic heterocycles. The van der Waals surface area contributed by atoms with Crippen molar-refractivity contribution in [3.8, 4) is 0 Å². The summed E-state index contributed by atoms with van der Waals surface area (Å²) in [5.41, 5.74) is 6.49. The van der Waals surface area contributed by atoms with Crippen molar-refractivity contribution in [1.29, 1.82) is 0 Å². The second-order valence-corrected chi connectivity index (χ2v) is 7.31. The third-order valence-corrected chi connectivity index (χ3v) is 4.92. The minimum absolute atomic E-state index is 0.0592. The van der Waals surface area contributed by atoms with Crippen molar-refractivity contribution in [2.75, 3.05) is 5.75 Å². The van der Waals surface area contributed by atoms with Crippen LogP contribution in [-0.2, 0) is 10.0 Å². The Kier molecular flexibility index (Phi) is 6.58. The van der Waals surface area contributed by atoms with Gasteiger partial charge in [0, 0.05) is 12.5 Å². The van der Waals surface area contributed by atoms with Crippen LogP contribution in [0, 0.1) is 0 Å². The van der Waals surface area contributed by atoms with Gasteiger partial charge in [-0.3, -0.25) is 0 Å². The third kappa shape index (κ3) is 5.98. The van der Waals surface area contributed by atoms with Crippen molar-refractivity contribution in [3.63, 3.8) is 0 Å². The lowest BCUT2D eigenvalue weighted by Gasteiger charge is -2.18. The molecule has 0 aliphatic carbocycles. The van der Waals surface area contributed by atoms with E-state index in [4.69, 9.17) is 18.0 Å². The van der Waals surface area contributed by atoms with Gasteiger partial charge in [0.1, 0.15) is 0 Å². The molecule has 1 aromatic carbocycles. The standard InChI is InChI=1S/C14H22N2O2S2/c1-3-13(9-14(15)19)16-20(17,18)10-11(2)12-7-5-4-6-8-12/h4-8,11,13,16H,3,9-10H2,1-2H3,(H2,15,19). The van der Waals surface area contributed by atoms with Gasteiger partial charge in [0.15, 0.2) is 0 Å². The molecule has 0 heterocycles. The van der Waals surface area contributed by atoms with Gasteiger partial charge in [0.2, 0.25) is 10.0 Å². The smallest absolute Gasteiger partial charge is 0.212 e. The van der Waals surface area contributed by atoms with Gasteiger partial charge in [-0.2, -0.15) is 0 Å². The van der Waals surface area contributed by atoms with E-state index >= 15 is 0 Å². The maximum atomic E-state index is 12.2. The quantitative estimate of drug-likeness (QED) is 0.721. The molecule has 0 spiro atoms. The first-order valence-electron chi connectivity index (χ1n) is 6.67. The van der Waals surface area contributed by atoms with Gasteiger partial charge in [-0.1, -0.05) is 56.4 Å². The SMILES string of the molecule is CCC(CC(N)=S)NS(=O)(=O)CC(C)c1ccccc1. The minimum Gasteiger partial charge on any atom is -0.393 e. The minimum atomic E-state index is -3.35. The summed E-state index contributed by atoms with van der Waals surface area (Å²) in [5.74, 6) is 0.00114. The Hall–Kier alpha value is -0.980. The number of hydrogen-bond donors (Lipinski definition) is 2. The van der Waals surface area contributed by atoms with Gasteiger partial charge < -0.3 is 5.73 Å². The zero-order chi connectivity index (χ0) is 15.2. The fourth-order valence-electron chi connectivity index (χ4n) is 2.02. The van der Waals surface area contributed by atoms with Crippen molar-refractivity contribution in [2.45, 2.75) is 38.6 Å². The molecule has 2 atom stereocenters. The molecule has 1 aromatic rings. The van der Waals surface area contributed by atoms with E-state index in [9.17, 15) is 8.42 Å². The molecule has 20 heavy (non-hydrogen) atoms. The average molecular weight is 314 g/mol. The maximum Gasteiger partial charge on any atom is 0.212 e. The van der Waals surface area contributed by atoms with Crippen LogP contribution in [-0.4, -0.2) is 25.2 Å². The van der Waals surface area contributed by atoms with Gasteiger partial charge >= 0.3 is 0 Å². The fraction of sp³-hybridized carbons (Fsp3) is 0.500. The second-order valence-electron chi connectivity index (χ2n) is 4.99. The van der Waals surface area contributed by atoms with E-state index in [-0.39, 0.29) is 17.7 Å². The van der Waals surface area contributed by atoms with Crippen LogP contribution in [0.5, 0.6) is 0 Å². The Balaban J connectivity index is 2.67. The molecule has 4 nitrogen and oxygen atoms in total. The zero-order valence-electron chi connectivity index (χ0n) is 11.9. The number of nitrogens with two attached hydrogens (primary N) is 1. The monoisotopic (exact) mass is 314 g/mol. The molecule has 0 fully saturated rings. The van der Waals surface area contributed by atoms with Crippen LogP contribution in [0.2, 0.25) is 0 Å². The van der Waals surface area contributed by atoms with E-state index in [1.807, 2.05) is 44.2 Å². The second kappa shape index (κ2) is 7.71. The van der Waals surface area contributed by atoms with Gasteiger partial charge in [-0.15, -0.1) is 0 Å². The van der Waals surface area contributed by atoms with Gasteiger partial charge in [0.25, 0.3) is 0 Å². The highest BCUT2D eigenvalue weighted by Crippen LogP contribution is 2.16. The predicted octanol–water partition coefficient (Wildman–Crippen LogP) is 2.16. The summed E-state index contributed by atoms with van der Waals surface area (Å²) in [6, 6.07) is 9.39. The van der Waals surface area contributed by atoms with Gasteiger partial charge in [0.05, 0.1) is 10.7 Å². The van der Waals surface area contributed by atoms with E-state index in [2.05, 4.69) is 4.72 Å². The molecule has 0 aliphatic heterocycles. The van der Waals surface area contributed by atoms with Gasteiger partial charge in [-0.25, -0.2) is 13.1 Å². The summed E-state index contributed by atoms with van der Waals surface area (Å²) < 4.78 is 27.0. The highest BCUT2D eigenvalue weighted by molar-refractivity contribution is 7.89. The van der Waals surface area contributed by atoms with E-state index in [0.717, 1.165) is 5.56 Å². The maximum absolute atomic E-state index is 12.2. The molecule has 0 saturated carbocycles. The summed E-state index contributed by atoms with van der Waals surface area (Å²) in [6.07, 6.45) is 1.06. The number of sulfonamides is 1. The first-order chi connectivity index (χ1) is 9.34. The molecule has 112 valence electrons. The number of rotatable bonds is 8. The number of thiocarbonyl (C=S) groups is 1. The molecule has 0 radical (unpaired) electrons. The van der Waals surface area contributed by atoms with Crippen molar-refractivity contribution in [3.05, 3.63) is 35.9 Å². The van der Waals surface area contributed by atoms with E-state index in [0.29, 0.717) is 17.8 Å². The Morgan fingerprint density at radius 1 is 1.35 bits per heavy atom. The fourth-order valence-corrected chi connectivity index (χ4v) is 3.93. The average Bonchev–Trinajstić information content (AvgIpc) is 2.37. The lowest BCUT2D eigenvalue weighted by atomic mass is 10.0. The molecule has 1 rings (SSSR count). The van der Waals surface area contributed by atoms with Crippen LogP contribution < -0.4 is 10.5 Å². The summed E-state index contributed by atoms with van der Waals surface area (Å²) in [4.78, 5) is 0.329. The molecule has 0 bridgehead atoms. The molecular formula is C14H22N2O2S2. The largest absolute Gasteiger partial charge is 0.393 e. The summed E-state index contributed by atoms with van der Waals surface area (Å²) in [7, 11) is -3.35. The predicted molar refractivity (Wildman–Crippen MR) is 87.3 cm³/mol. The van der Waals surface area contributed by atoms with E-state index in [1.165, 1.54) is 0 Å². The Labute approximate surface area is 126 Å². The van der Waals surface area contributed by atoms with Crippen LogP contribution in [0.15, 0.2) is 30.3 Å². The third-order valence-electron chi connectivity index (χ3n) is 3.12. The Morgan fingerprint density at radius 3 is 2.45 bits per heavy atom. The van der Waals surface area contributed by atoms with E-state index in [1.54, 1.807) is 0 Å². The van der Waals surface area contributed by atoms with Crippen molar-refractivity contribution in [2.24, 2.45) is 5.73 Å². The molecule has 3 N–H and O–H groups in total. The highest BCUT2D eigenvalue weighted by Gasteiger charge is 2.20. The molecule has 0 amide bonds. The number of benzene rings is 1. The van der Waals surface area contributed by atoms with Crippen molar-refractivity contribution < 1.29 is 8.42 Å². The molecule has 2 unspecified atom stereocenters. The van der Waals surface area contributed by atoms with E-state index < -0.39 is 10.0 Å². The summed E-state index contributed by atoms with van der Waals surface area (Å²) in [5, 5.41) is 0. The van der Waals surface area contributed by atoms with Crippen LogP contribution >= 0.6 is 12.2 Å².